The van der Waals surface area contributed by atoms with Crippen LogP contribution in [0.15, 0.2) is 30.5 Å². The lowest BCUT2D eigenvalue weighted by atomic mass is 10.1. The van der Waals surface area contributed by atoms with E-state index < -0.39 is 6.10 Å². The number of nitrogens with one attached hydrogen (secondary N) is 1. The summed E-state index contributed by atoms with van der Waals surface area (Å²) in [5.41, 5.74) is 2.99. The highest BCUT2D eigenvalue weighted by molar-refractivity contribution is 6.30. The van der Waals surface area contributed by atoms with Crippen LogP contribution in [0.3, 0.4) is 0 Å². The van der Waals surface area contributed by atoms with Gasteiger partial charge in [0.15, 0.2) is 0 Å². The molecule has 0 radical (unpaired) electrons. The molecule has 0 spiro atoms. The Morgan fingerprint density at radius 2 is 1.87 bits per heavy atom. The Balaban J connectivity index is 2.00. The van der Waals surface area contributed by atoms with E-state index in [1.165, 1.54) is 0 Å². The molecular formula is C18H26ClN3O. The van der Waals surface area contributed by atoms with E-state index >= 15 is 0 Å². The van der Waals surface area contributed by atoms with Crippen molar-refractivity contribution in [3.63, 3.8) is 0 Å². The third-order valence-electron chi connectivity index (χ3n) is 3.96. The summed E-state index contributed by atoms with van der Waals surface area (Å²) in [5.74, 6) is 0. The van der Waals surface area contributed by atoms with Gasteiger partial charge in [0.2, 0.25) is 0 Å². The molecule has 5 heteroatoms. The lowest BCUT2D eigenvalue weighted by molar-refractivity contribution is 0.170. The van der Waals surface area contributed by atoms with Crippen LogP contribution >= 0.6 is 11.6 Å². The molecule has 0 aliphatic rings. The van der Waals surface area contributed by atoms with Crippen LogP contribution < -0.4 is 5.32 Å². The van der Waals surface area contributed by atoms with E-state index in [1.807, 2.05) is 23.7 Å². The van der Waals surface area contributed by atoms with Crippen LogP contribution in [-0.2, 0) is 5.54 Å². The fraction of sp³-hybridized carbons (Fsp3) is 0.500. The maximum Gasteiger partial charge on any atom is 0.0914 e. The molecule has 1 aromatic heterocycles. The summed E-state index contributed by atoms with van der Waals surface area (Å²) in [7, 11) is 0. The number of aliphatic hydroxyl groups excluding tert-OH is 1. The van der Waals surface area contributed by atoms with E-state index in [0.717, 1.165) is 16.8 Å². The molecule has 2 unspecified atom stereocenters. The van der Waals surface area contributed by atoms with Gasteiger partial charge in [0, 0.05) is 29.4 Å². The maximum atomic E-state index is 10.3. The van der Waals surface area contributed by atoms with Gasteiger partial charge in [-0.25, -0.2) is 0 Å². The predicted molar refractivity (Wildman–Crippen MR) is 94.8 cm³/mol. The number of aryl methyl sites for hydroxylation is 1. The Hall–Kier alpha value is -1.36. The molecule has 0 amide bonds. The van der Waals surface area contributed by atoms with E-state index in [9.17, 15) is 5.11 Å². The molecule has 23 heavy (non-hydrogen) atoms. The van der Waals surface area contributed by atoms with Crippen molar-refractivity contribution in [3.8, 4) is 0 Å². The van der Waals surface area contributed by atoms with Crippen molar-refractivity contribution < 1.29 is 5.11 Å². The fourth-order valence-corrected chi connectivity index (χ4v) is 2.57. The third-order valence-corrected chi connectivity index (χ3v) is 4.21. The Bertz CT molecular complexity index is 643. The van der Waals surface area contributed by atoms with Gasteiger partial charge >= 0.3 is 0 Å². The molecule has 0 bridgehead atoms. The van der Waals surface area contributed by atoms with Gasteiger partial charge in [-0.2, -0.15) is 5.10 Å². The zero-order valence-electron chi connectivity index (χ0n) is 14.5. The van der Waals surface area contributed by atoms with Gasteiger partial charge in [-0.1, -0.05) is 23.7 Å². The monoisotopic (exact) mass is 335 g/mol. The zero-order chi connectivity index (χ0) is 17.2. The van der Waals surface area contributed by atoms with E-state index in [-0.39, 0.29) is 11.6 Å². The van der Waals surface area contributed by atoms with Gasteiger partial charge < -0.3 is 10.4 Å². The molecule has 0 saturated heterocycles. The number of aromatic nitrogens is 2. The minimum atomic E-state index is -0.562. The molecule has 0 fully saturated rings. The summed E-state index contributed by atoms with van der Waals surface area (Å²) in [6, 6.07) is 7.40. The van der Waals surface area contributed by atoms with Gasteiger partial charge in [0.25, 0.3) is 0 Å². The Morgan fingerprint density at radius 1 is 1.26 bits per heavy atom. The fourth-order valence-electron chi connectivity index (χ4n) is 2.44. The third kappa shape index (κ3) is 4.56. The van der Waals surface area contributed by atoms with Gasteiger partial charge in [-0.05, 0) is 52.3 Å². The van der Waals surface area contributed by atoms with Gasteiger partial charge in [-0.15, -0.1) is 0 Å². The van der Waals surface area contributed by atoms with Crippen molar-refractivity contribution in [3.05, 3.63) is 52.3 Å². The molecule has 4 nitrogen and oxygen atoms in total. The van der Waals surface area contributed by atoms with E-state index in [2.05, 4.69) is 44.3 Å². The first-order valence-corrected chi connectivity index (χ1v) is 8.30. The summed E-state index contributed by atoms with van der Waals surface area (Å²) in [6.45, 7) is 11.0. The van der Waals surface area contributed by atoms with Gasteiger partial charge in [0.1, 0.15) is 0 Å². The van der Waals surface area contributed by atoms with Crippen LogP contribution in [0, 0.1) is 6.92 Å². The number of aliphatic hydroxyl groups is 1. The van der Waals surface area contributed by atoms with Crippen LogP contribution in [-0.4, -0.2) is 21.4 Å². The van der Waals surface area contributed by atoms with Crippen LogP contribution in [0.5, 0.6) is 0 Å². The first-order chi connectivity index (χ1) is 10.7. The van der Waals surface area contributed by atoms with Gasteiger partial charge in [-0.3, -0.25) is 4.68 Å². The molecule has 2 aromatic rings. The normalized spacial score (nSPS) is 14.7. The second-order valence-electron chi connectivity index (χ2n) is 6.98. The maximum absolute atomic E-state index is 10.3. The minimum absolute atomic E-state index is 0.0362. The molecule has 126 valence electrons. The summed E-state index contributed by atoms with van der Waals surface area (Å²) in [5, 5.41) is 18.9. The second kappa shape index (κ2) is 7.04. The SMILES string of the molecule is Cc1nn(C(C)(C)C)cc1C(C)NCC(O)c1ccc(Cl)cc1. The number of halogens is 1. The molecule has 0 saturated carbocycles. The van der Waals surface area contributed by atoms with Crippen molar-refractivity contribution in [2.24, 2.45) is 0 Å². The van der Waals surface area contributed by atoms with Crippen molar-refractivity contribution >= 4 is 11.6 Å². The highest BCUT2D eigenvalue weighted by atomic mass is 35.5. The molecular weight excluding hydrogens is 310 g/mol. The molecule has 0 aliphatic heterocycles. The molecule has 0 aliphatic carbocycles. The Labute approximate surface area is 143 Å². The van der Waals surface area contributed by atoms with Crippen molar-refractivity contribution in [1.29, 1.82) is 0 Å². The average molecular weight is 336 g/mol. The van der Waals surface area contributed by atoms with Crippen LogP contribution in [0.1, 0.15) is 56.7 Å². The quantitative estimate of drug-likeness (QED) is 0.868. The van der Waals surface area contributed by atoms with Gasteiger partial charge in [0.05, 0.1) is 17.3 Å². The van der Waals surface area contributed by atoms with Crippen molar-refractivity contribution in [1.82, 2.24) is 15.1 Å². The number of benzene rings is 1. The number of rotatable bonds is 5. The second-order valence-corrected chi connectivity index (χ2v) is 7.42. The number of hydrogen-bond acceptors (Lipinski definition) is 3. The summed E-state index contributed by atoms with van der Waals surface area (Å²) >= 11 is 5.87. The lowest BCUT2D eigenvalue weighted by Crippen LogP contribution is -2.25. The van der Waals surface area contributed by atoms with E-state index in [0.29, 0.717) is 11.6 Å². The average Bonchev–Trinajstić information content (AvgIpc) is 2.87. The molecule has 1 heterocycles. The minimum Gasteiger partial charge on any atom is -0.387 e. The zero-order valence-corrected chi connectivity index (χ0v) is 15.2. The first kappa shape index (κ1) is 18.0. The Kier molecular flexibility index (Phi) is 5.50. The lowest BCUT2D eigenvalue weighted by Gasteiger charge is -2.19. The summed E-state index contributed by atoms with van der Waals surface area (Å²) < 4.78 is 1.99. The van der Waals surface area contributed by atoms with E-state index in [1.54, 1.807) is 12.1 Å². The largest absolute Gasteiger partial charge is 0.387 e. The van der Waals surface area contributed by atoms with Crippen LogP contribution in [0.4, 0.5) is 0 Å². The van der Waals surface area contributed by atoms with Crippen LogP contribution in [0.2, 0.25) is 5.02 Å². The first-order valence-electron chi connectivity index (χ1n) is 7.92. The van der Waals surface area contributed by atoms with Crippen molar-refractivity contribution in [2.45, 2.75) is 52.3 Å². The predicted octanol–water partition coefficient (Wildman–Crippen LogP) is 3.98. The molecule has 2 rings (SSSR count). The number of nitrogens with zero attached hydrogens (tertiary/aromatic N) is 2. The number of hydrogen-bond donors (Lipinski definition) is 2. The molecule has 2 atom stereocenters. The Morgan fingerprint density at radius 3 is 2.39 bits per heavy atom. The standard InChI is InChI=1S/C18H26ClN3O/c1-12(16-11-22(18(3,4)5)21-13(16)2)20-10-17(23)14-6-8-15(19)9-7-14/h6-9,11-12,17,20,23H,10H2,1-5H3. The molecule has 1 aromatic carbocycles. The highest BCUT2D eigenvalue weighted by Gasteiger charge is 2.19. The summed E-state index contributed by atoms with van der Waals surface area (Å²) in [4.78, 5) is 0. The summed E-state index contributed by atoms with van der Waals surface area (Å²) in [6.07, 6.45) is 1.52. The van der Waals surface area contributed by atoms with Crippen molar-refractivity contribution in [2.75, 3.05) is 6.54 Å². The topological polar surface area (TPSA) is 50.1 Å². The molecule has 2 N–H and O–H groups in total. The van der Waals surface area contributed by atoms with E-state index in [4.69, 9.17) is 11.6 Å². The highest BCUT2D eigenvalue weighted by Crippen LogP contribution is 2.22. The van der Waals surface area contributed by atoms with Crippen LogP contribution in [0.25, 0.3) is 0 Å². The smallest absolute Gasteiger partial charge is 0.0914 e.